The third-order valence-electron chi connectivity index (χ3n) is 6.03. The van der Waals surface area contributed by atoms with Crippen LogP contribution in [0.25, 0.3) is 0 Å². The zero-order valence-electron chi connectivity index (χ0n) is 22.6. The first kappa shape index (κ1) is 26.8. The predicted octanol–water partition coefficient (Wildman–Crippen LogP) is 10.4. The van der Waals surface area contributed by atoms with Crippen molar-refractivity contribution in [1.29, 1.82) is 0 Å². The molecule has 0 radical (unpaired) electrons. The monoisotopic (exact) mass is 538 g/mol. The largest absolute Gasteiger partial charge is 0.457 e. The Morgan fingerprint density at radius 1 is 0.400 bits per heavy atom. The van der Waals surface area contributed by atoms with Crippen LogP contribution in [0.2, 0.25) is 0 Å². The topological polar surface area (TPSA) is 36.9 Å². The second-order valence-corrected chi connectivity index (χ2v) is 9.67. The van der Waals surface area contributed by atoms with Gasteiger partial charge in [0.15, 0.2) is 0 Å². The van der Waals surface area contributed by atoms with Crippen molar-refractivity contribution in [3.8, 4) is 46.0 Å². The Balaban J connectivity index is 1.34. The van der Waals surface area contributed by atoms with E-state index in [1.165, 1.54) is 24.3 Å². The number of benzene rings is 5. The van der Waals surface area contributed by atoms with Crippen LogP contribution in [0.3, 0.4) is 0 Å². The van der Waals surface area contributed by atoms with E-state index in [4.69, 9.17) is 18.9 Å². The number of aryl methyl sites for hydroxylation is 3. The van der Waals surface area contributed by atoms with Crippen LogP contribution < -0.4 is 18.9 Å². The molecule has 5 aromatic rings. The summed E-state index contributed by atoms with van der Waals surface area (Å²) in [5, 5.41) is 0. The van der Waals surface area contributed by atoms with E-state index in [2.05, 4.69) is 0 Å². The first-order valence-electron chi connectivity index (χ1n) is 12.8. The molecule has 0 aliphatic carbocycles. The van der Waals surface area contributed by atoms with Crippen LogP contribution in [0.15, 0.2) is 97.1 Å². The quantitative estimate of drug-likeness (QED) is 0.197. The van der Waals surface area contributed by atoms with Crippen molar-refractivity contribution in [3.05, 3.63) is 131 Å². The first-order chi connectivity index (χ1) is 19.2. The average Bonchev–Trinajstić information content (AvgIpc) is 2.86. The lowest BCUT2D eigenvalue weighted by Crippen LogP contribution is -1.95. The summed E-state index contributed by atoms with van der Waals surface area (Å²) >= 11 is 0. The van der Waals surface area contributed by atoms with Crippen molar-refractivity contribution in [2.24, 2.45) is 0 Å². The lowest BCUT2D eigenvalue weighted by molar-refractivity contribution is 0.441. The lowest BCUT2D eigenvalue weighted by atomic mass is 10.1. The smallest absolute Gasteiger partial charge is 0.134 e. The van der Waals surface area contributed by atoms with Gasteiger partial charge >= 0.3 is 0 Å². The molecular weight excluding hydrogens is 510 g/mol. The lowest BCUT2D eigenvalue weighted by Gasteiger charge is -2.16. The van der Waals surface area contributed by atoms with Crippen LogP contribution in [0.5, 0.6) is 46.0 Å². The van der Waals surface area contributed by atoms with Crippen LogP contribution in [0.1, 0.15) is 22.3 Å². The van der Waals surface area contributed by atoms with Gasteiger partial charge in [-0.25, -0.2) is 8.78 Å². The third-order valence-corrected chi connectivity index (χ3v) is 6.03. The van der Waals surface area contributed by atoms with Gasteiger partial charge in [0, 0.05) is 29.8 Å². The van der Waals surface area contributed by atoms with Crippen LogP contribution in [0, 0.1) is 39.3 Å². The van der Waals surface area contributed by atoms with Crippen LogP contribution in [0.4, 0.5) is 8.78 Å². The second kappa shape index (κ2) is 11.5. The molecule has 202 valence electrons. The predicted molar refractivity (Wildman–Crippen MR) is 151 cm³/mol. The normalized spacial score (nSPS) is 10.8. The van der Waals surface area contributed by atoms with Crippen molar-refractivity contribution in [1.82, 2.24) is 0 Å². The van der Waals surface area contributed by atoms with Gasteiger partial charge < -0.3 is 18.9 Å². The molecule has 0 atom stereocenters. The molecule has 0 amide bonds. The summed E-state index contributed by atoms with van der Waals surface area (Å²) < 4.78 is 51.8. The Kier molecular flexibility index (Phi) is 7.69. The van der Waals surface area contributed by atoms with Crippen LogP contribution >= 0.6 is 0 Å². The highest BCUT2D eigenvalue weighted by Crippen LogP contribution is 2.37. The Bertz CT molecular complexity index is 1520. The highest BCUT2D eigenvalue weighted by Gasteiger charge is 2.12. The van der Waals surface area contributed by atoms with E-state index >= 15 is 0 Å². The summed E-state index contributed by atoms with van der Waals surface area (Å²) in [6.07, 6.45) is 0. The van der Waals surface area contributed by atoms with E-state index in [0.29, 0.717) is 46.0 Å². The highest BCUT2D eigenvalue weighted by molar-refractivity contribution is 5.51. The van der Waals surface area contributed by atoms with Gasteiger partial charge in [0.2, 0.25) is 0 Å². The van der Waals surface area contributed by atoms with E-state index in [9.17, 15) is 8.78 Å². The SMILES string of the molecule is Cc1cc(F)cc(Oc2cccc(Oc3cc(C)cc(Oc4cccc(Oc5cc(C)cc(F)c5)c4)c3C)c2)c1. The number of hydrogen-bond donors (Lipinski definition) is 0. The Labute approximate surface area is 232 Å². The van der Waals surface area contributed by atoms with Gasteiger partial charge in [-0.1, -0.05) is 12.1 Å². The fraction of sp³-hybridized carbons (Fsp3) is 0.118. The third kappa shape index (κ3) is 6.77. The van der Waals surface area contributed by atoms with Gasteiger partial charge in [-0.3, -0.25) is 0 Å². The fourth-order valence-electron chi connectivity index (χ4n) is 4.26. The molecule has 0 aliphatic rings. The zero-order chi connectivity index (χ0) is 28.2. The molecular formula is C34H28F2O4. The van der Waals surface area contributed by atoms with Gasteiger partial charge in [0.25, 0.3) is 0 Å². The van der Waals surface area contributed by atoms with Crippen LogP contribution in [-0.2, 0) is 0 Å². The minimum Gasteiger partial charge on any atom is -0.457 e. The van der Waals surface area contributed by atoms with Crippen molar-refractivity contribution in [2.75, 3.05) is 0 Å². The minimum atomic E-state index is -0.355. The number of ether oxygens (including phenoxy) is 4. The van der Waals surface area contributed by atoms with Crippen LogP contribution in [-0.4, -0.2) is 0 Å². The molecule has 40 heavy (non-hydrogen) atoms. The van der Waals surface area contributed by atoms with Gasteiger partial charge in [-0.2, -0.15) is 0 Å². The Morgan fingerprint density at radius 3 is 1.18 bits per heavy atom. The Morgan fingerprint density at radius 2 is 0.775 bits per heavy atom. The van der Waals surface area contributed by atoms with E-state index in [1.807, 2.05) is 64.1 Å². The zero-order valence-corrected chi connectivity index (χ0v) is 22.6. The Hall–Kier alpha value is -4.84. The minimum absolute atomic E-state index is 0.355. The molecule has 0 heterocycles. The summed E-state index contributed by atoms with van der Waals surface area (Å²) in [6, 6.07) is 27.3. The molecule has 0 fully saturated rings. The van der Waals surface area contributed by atoms with Crippen molar-refractivity contribution < 1.29 is 27.7 Å². The maximum absolute atomic E-state index is 13.8. The molecule has 5 aromatic carbocycles. The molecule has 4 nitrogen and oxygen atoms in total. The molecule has 0 N–H and O–H groups in total. The molecule has 0 unspecified atom stereocenters. The summed E-state index contributed by atoms with van der Waals surface area (Å²) in [5.74, 6) is 3.53. The van der Waals surface area contributed by atoms with E-state index in [0.717, 1.165) is 22.3 Å². The van der Waals surface area contributed by atoms with E-state index in [-0.39, 0.29) is 11.6 Å². The van der Waals surface area contributed by atoms with Gasteiger partial charge in [0.1, 0.15) is 57.6 Å². The molecule has 0 aromatic heterocycles. The highest BCUT2D eigenvalue weighted by atomic mass is 19.1. The first-order valence-corrected chi connectivity index (χ1v) is 12.8. The van der Waals surface area contributed by atoms with Gasteiger partial charge in [-0.15, -0.1) is 0 Å². The molecule has 5 rings (SSSR count). The van der Waals surface area contributed by atoms with Crippen molar-refractivity contribution in [2.45, 2.75) is 27.7 Å². The molecule has 0 spiro atoms. The van der Waals surface area contributed by atoms with Gasteiger partial charge in [-0.05, 0) is 105 Å². The summed E-state index contributed by atoms with van der Waals surface area (Å²) in [7, 11) is 0. The fourth-order valence-corrected chi connectivity index (χ4v) is 4.26. The average molecular weight is 539 g/mol. The number of halogens is 2. The second-order valence-electron chi connectivity index (χ2n) is 9.67. The number of rotatable bonds is 8. The van der Waals surface area contributed by atoms with E-state index in [1.54, 1.807) is 36.4 Å². The summed E-state index contributed by atoms with van der Waals surface area (Å²) in [6.45, 7) is 7.49. The van der Waals surface area contributed by atoms with Gasteiger partial charge in [0.05, 0.1) is 0 Å². The summed E-state index contributed by atoms with van der Waals surface area (Å²) in [5.41, 5.74) is 3.28. The molecule has 6 heteroatoms. The molecule has 0 saturated heterocycles. The molecule has 0 bridgehead atoms. The summed E-state index contributed by atoms with van der Waals surface area (Å²) in [4.78, 5) is 0. The van der Waals surface area contributed by atoms with Crippen molar-refractivity contribution >= 4 is 0 Å². The molecule has 0 saturated carbocycles. The van der Waals surface area contributed by atoms with E-state index < -0.39 is 0 Å². The maximum Gasteiger partial charge on any atom is 0.134 e. The van der Waals surface area contributed by atoms with Crippen molar-refractivity contribution in [3.63, 3.8) is 0 Å². The number of hydrogen-bond acceptors (Lipinski definition) is 4. The standard InChI is InChI=1S/C34H28F2O4/c1-21-11-25(35)17-31(13-21)37-27-7-5-9-29(19-27)39-33-15-23(3)16-34(24(33)4)40-30-10-6-8-28(20-30)38-32-14-22(2)12-26(36)18-32/h5-20H,1-4H3. The molecule has 0 aliphatic heterocycles. The maximum atomic E-state index is 13.8.